The van der Waals surface area contributed by atoms with E-state index < -0.39 is 37.9 Å². The van der Waals surface area contributed by atoms with E-state index in [-0.39, 0.29) is 23.6 Å². The summed E-state index contributed by atoms with van der Waals surface area (Å²) in [5.41, 5.74) is 4.49. The van der Waals surface area contributed by atoms with Crippen LogP contribution in [0.4, 0.5) is 13.2 Å². The zero-order valence-corrected chi connectivity index (χ0v) is 17.2. The lowest BCUT2D eigenvalue weighted by molar-refractivity contribution is -0.137. The molecule has 9 heteroatoms. The predicted molar refractivity (Wildman–Crippen MR) is 99.7 cm³/mol. The number of nitrogens with two attached hydrogens (primary N) is 1. The van der Waals surface area contributed by atoms with Crippen LogP contribution in [-0.2, 0) is 15.4 Å². The first kappa shape index (κ1) is 23.2. The van der Waals surface area contributed by atoms with Crippen molar-refractivity contribution in [3.63, 3.8) is 0 Å². The second-order valence-corrected chi connectivity index (χ2v) is 12.7. The number of rotatable bonds is 7. The maximum absolute atomic E-state index is 12.6. The molecule has 2 amide bonds. The summed E-state index contributed by atoms with van der Waals surface area (Å²) in [7, 11) is -2.01. The number of hydrogen-bond acceptors (Lipinski definition) is 3. The molecule has 0 spiro atoms. The van der Waals surface area contributed by atoms with Crippen molar-refractivity contribution < 1.29 is 27.2 Å². The van der Waals surface area contributed by atoms with Crippen molar-refractivity contribution in [2.24, 2.45) is 5.73 Å². The molecule has 1 aromatic carbocycles. The third-order valence-corrected chi connectivity index (χ3v) is 9.34. The maximum Gasteiger partial charge on any atom is 0.416 e. The number of hydrogen-bond donors (Lipinski definition) is 2. The van der Waals surface area contributed by atoms with Gasteiger partial charge in [0.15, 0.2) is 8.32 Å². The van der Waals surface area contributed by atoms with E-state index in [2.05, 4.69) is 39.2 Å². The highest BCUT2D eigenvalue weighted by Crippen LogP contribution is 2.36. The summed E-state index contributed by atoms with van der Waals surface area (Å²) >= 11 is 0. The molecule has 1 atom stereocenters. The van der Waals surface area contributed by atoms with E-state index in [4.69, 9.17) is 10.2 Å². The summed E-state index contributed by atoms with van der Waals surface area (Å²) in [4.78, 5) is 23.8. The van der Waals surface area contributed by atoms with Crippen LogP contribution in [0.1, 0.15) is 43.1 Å². The third-order valence-electron chi connectivity index (χ3n) is 4.80. The Kier molecular flexibility index (Phi) is 7.23. The van der Waals surface area contributed by atoms with Gasteiger partial charge < -0.3 is 15.5 Å². The van der Waals surface area contributed by atoms with Gasteiger partial charge in [-0.25, -0.2) is 0 Å². The van der Waals surface area contributed by atoms with Crippen molar-refractivity contribution in [1.82, 2.24) is 5.32 Å². The van der Waals surface area contributed by atoms with Crippen LogP contribution in [0.15, 0.2) is 24.3 Å². The van der Waals surface area contributed by atoms with Crippen LogP contribution < -0.4 is 11.1 Å². The highest BCUT2D eigenvalue weighted by molar-refractivity contribution is 6.74. The highest BCUT2D eigenvalue weighted by Gasteiger charge is 2.37. The molecule has 3 N–H and O–H groups in total. The molecule has 0 fully saturated rings. The minimum Gasteiger partial charge on any atom is -0.417 e. The molecule has 1 rings (SSSR count). The van der Waals surface area contributed by atoms with E-state index in [0.717, 1.165) is 24.3 Å². The zero-order valence-electron chi connectivity index (χ0n) is 16.2. The van der Waals surface area contributed by atoms with E-state index in [0.29, 0.717) is 0 Å². The predicted octanol–water partition coefficient (Wildman–Crippen LogP) is 3.70. The van der Waals surface area contributed by atoms with Crippen LogP contribution in [0.5, 0.6) is 0 Å². The lowest BCUT2D eigenvalue weighted by Gasteiger charge is -2.36. The van der Waals surface area contributed by atoms with Crippen molar-refractivity contribution in [3.05, 3.63) is 35.4 Å². The largest absolute Gasteiger partial charge is 0.417 e. The molecule has 152 valence electrons. The SMILES string of the molecule is CC(C)(C)[Si](C)(C)OCC[C@H](NC(=O)c1ccc(C(F)(F)F)cc1)C(N)=O. The summed E-state index contributed by atoms with van der Waals surface area (Å²) in [6.45, 7) is 10.6. The van der Waals surface area contributed by atoms with Gasteiger partial charge in [-0.15, -0.1) is 0 Å². The molecule has 1 aromatic rings. The van der Waals surface area contributed by atoms with Crippen LogP contribution in [0.2, 0.25) is 18.1 Å². The molecule has 0 heterocycles. The Bertz CT molecular complexity index is 668. The van der Waals surface area contributed by atoms with Crippen LogP contribution in [0.25, 0.3) is 0 Å². The van der Waals surface area contributed by atoms with E-state index in [1.54, 1.807) is 0 Å². The summed E-state index contributed by atoms with van der Waals surface area (Å²) in [6, 6.07) is 2.78. The molecule has 0 aliphatic rings. The molecule has 0 unspecified atom stereocenters. The first-order valence-corrected chi connectivity index (χ1v) is 11.5. The molecule has 27 heavy (non-hydrogen) atoms. The Morgan fingerprint density at radius 2 is 1.67 bits per heavy atom. The number of benzene rings is 1. The fourth-order valence-corrected chi connectivity index (χ4v) is 3.05. The average Bonchev–Trinajstić information content (AvgIpc) is 2.51. The van der Waals surface area contributed by atoms with Crippen molar-refractivity contribution in [3.8, 4) is 0 Å². The Morgan fingerprint density at radius 3 is 2.07 bits per heavy atom. The molecule has 0 saturated heterocycles. The molecular formula is C18H27F3N2O3Si. The number of alkyl halides is 3. The molecule has 0 radical (unpaired) electrons. The topological polar surface area (TPSA) is 81.4 Å². The number of carbonyl (C=O) groups excluding carboxylic acids is 2. The van der Waals surface area contributed by atoms with Crippen LogP contribution >= 0.6 is 0 Å². The van der Waals surface area contributed by atoms with E-state index in [9.17, 15) is 22.8 Å². The summed E-state index contributed by atoms with van der Waals surface area (Å²) in [5.74, 6) is -1.39. The van der Waals surface area contributed by atoms with Crippen LogP contribution in [-0.4, -0.2) is 32.8 Å². The molecule has 0 saturated carbocycles. The van der Waals surface area contributed by atoms with Gasteiger partial charge in [-0.2, -0.15) is 13.2 Å². The second-order valence-electron chi connectivity index (χ2n) is 7.90. The fourth-order valence-electron chi connectivity index (χ4n) is 1.99. The number of primary amides is 1. The summed E-state index contributed by atoms with van der Waals surface area (Å²) in [6.07, 6.45) is -4.29. The molecule has 0 aromatic heterocycles. The lowest BCUT2D eigenvalue weighted by atomic mass is 10.1. The first-order valence-electron chi connectivity index (χ1n) is 8.56. The van der Waals surface area contributed by atoms with Gasteiger partial charge in [0.2, 0.25) is 5.91 Å². The Balaban J connectivity index is 2.72. The van der Waals surface area contributed by atoms with Crippen LogP contribution in [0.3, 0.4) is 0 Å². The number of halogens is 3. The minimum absolute atomic E-state index is 0.00129. The molecule has 0 bridgehead atoms. The van der Waals surface area contributed by atoms with Crippen LogP contribution in [0, 0.1) is 0 Å². The Labute approximate surface area is 158 Å². The van der Waals surface area contributed by atoms with Gasteiger partial charge >= 0.3 is 6.18 Å². The highest BCUT2D eigenvalue weighted by atomic mass is 28.4. The van der Waals surface area contributed by atoms with Gasteiger partial charge in [0.25, 0.3) is 5.91 Å². The van der Waals surface area contributed by atoms with E-state index in [1.807, 2.05) is 0 Å². The van der Waals surface area contributed by atoms with Gasteiger partial charge in [0.05, 0.1) is 5.56 Å². The van der Waals surface area contributed by atoms with Crippen molar-refractivity contribution in [2.45, 2.75) is 57.5 Å². The smallest absolute Gasteiger partial charge is 0.416 e. The van der Waals surface area contributed by atoms with E-state index >= 15 is 0 Å². The Hall–Kier alpha value is -1.87. The van der Waals surface area contributed by atoms with Gasteiger partial charge in [-0.05, 0) is 48.8 Å². The maximum atomic E-state index is 12.6. The molecule has 0 aliphatic heterocycles. The number of amides is 2. The second kappa shape index (κ2) is 8.43. The number of carbonyl (C=O) groups is 2. The van der Waals surface area contributed by atoms with Gasteiger partial charge in [-0.1, -0.05) is 20.8 Å². The Morgan fingerprint density at radius 1 is 1.15 bits per heavy atom. The van der Waals surface area contributed by atoms with Gasteiger partial charge in [-0.3, -0.25) is 9.59 Å². The summed E-state index contributed by atoms with van der Waals surface area (Å²) in [5, 5.41) is 2.46. The summed E-state index contributed by atoms with van der Waals surface area (Å²) < 4.78 is 43.7. The van der Waals surface area contributed by atoms with Gasteiger partial charge in [0, 0.05) is 12.2 Å². The number of nitrogens with one attached hydrogen (secondary N) is 1. The minimum atomic E-state index is -4.48. The zero-order chi connectivity index (χ0) is 21.0. The normalized spacial score (nSPS) is 13.9. The monoisotopic (exact) mass is 404 g/mol. The van der Waals surface area contributed by atoms with Crippen molar-refractivity contribution in [1.29, 1.82) is 0 Å². The third kappa shape index (κ3) is 6.66. The standard InChI is InChI=1S/C18H27F3N2O3Si/c1-17(2,3)27(4,5)26-11-10-14(15(22)24)23-16(25)12-6-8-13(9-7-12)18(19,20)21/h6-9,14H,10-11H2,1-5H3,(H2,22,24)(H,23,25)/t14-/m0/s1. The first-order chi connectivity index (χ1) is 12.1. The van der Waals surface area contributed by atoms with Gasteiger partial charge in [0.1, 0.15) is 6.04 Å². The van der Waals surface area contributed by atoms with Crippen molar-refractivity contribution in [2.75, 3.05) is 6.61 Å². The fraction of sp³-hybridized carbons (Fsp3) is 0.556. The molecule has 5 nitrogen and oxygen atoms in total. The quantitative estimate of drug-likeness (QED) is 0.680. The van der Waals surface area contributed by atoms with E-state index in [1.165, 1.54) is 0 Å². The van der Waals surface area contributed by atoms with Crippen molar-refractivity contribution >= 4 is 20.1 Å². The molecular weight excluding hydrogens is 377 g/mol. The lowest BCUT2D eigenvalue weighted by Crippen LogP contribution is -2.47. The molecule has 0 aliphatic carbocycles. The average molecular weight is 405 g/mol.